The normalized spacial score (nSPS) is 20.8. The van der Waals surface area contributed by atoms with E-state index in [-0.39, 0.29) is 18.7 Å². The van der Waals surface area contributed by atoms with E-state index in [2.05, 4.69) is 26.0 Å². The minimum Gasteiger partial charge on any atom is -0.468 e. The molecule has 0 radical (unpaired) electrons. The second-order valence-corrected chi connectivity index (χ2v) is 5.58. The Morgan fingerprint density at radius 2 is 2.11 bits per heavy atom. The maximum Gasteiger partial charge on any atom is 0.325 e. The lowest BCUT2D eigenvalue weighted by molar-refractivity contribution is -0.141. The number of amides is 1. The number of hydrogen-bond donors (Lipinski definition) is 1. The number of rotatable bonds is 3. The summed E-state index contributed by atoms with van der Waals surface area (Å²) in [6, 6.07) is 7.07. The van der Waals surface area contributed by atoms with E-state index in [9.17, 15) is 14.4 Å². The third-order valence-electron chi connectivity index (χ3n) is 3.04. The van der Waals surface area contributed by atoms with Crippen LogP contribution < -0.4 is 5.32 Å². The van der Waals surface area contributed by atoms with Crippen molar-refractivity contribution in [3.05, 3.63) is 35.4 Å². The minimum atomic E-state index is -1.33. The first-order chi connectivity index (χ1) is 8.99. The van der Waals surface area contributed by atoms with Gasteiger partial charge in [-0.15, -0.1) is 0 Å². The highest BCUT2D eigenvalue weighted by molar-refractivity contribution is 9.10. The number of methoxy groups -OCH3 is 1. The summed E-state index contributed by atoms with van der Waals surface area (Å²) >= 11 is 3.22. The number of carbonyl (C=O) groups is 3. The predicted molar refractivity (Wildman–Crippen MR) is 71.2 cm³/mol. The summed E-state index contributed by atoms with van der Waals surface area (Å²) in [6.07, 6.45) is 0.273. The van der Waals surface area contributed by atoms with E-state index in [1.807, 2.05) is 12.1 Å². The van der Waals surface area contributed by atoms with Gasteiger partial charge in [-0.05, 0) is 5.56 Å². The number of Topliss-reactive ketones (excluding diaryl/α,β-unsaturated/α-hetero) is 1. The van der Waals surface area contributed by atoms with Gasteiger partial charge in [0.05, 0.1) is 7.11 Å². The Hall–Kier alpha value is -1.69. The molecular weight excluding hydrogens is 314 g/mol. The fourth-order valence-electron chi connectivity index (χ4n) is 2.00. The number of ketones is 1. The van der Waals surface area contributed by atoms with Crippen LogP contribution in [0.2, 0.25) is 0 Å². The van der Waals surface area contributed by atoms with Crippen molar-refractivity contribution in [1.29, 1.82) is 0 Å². The molecule has 1 aliphatic carbocycles. The van der Waals surface area contributed by atoms with Crippen molar-refractivity contribution in [1.82, 2.24) is 5.32 Å². The molecule has 0 spiro atoms. The average molecular weight is 326 g/mol. The molecule has 0 aromatic heterocycles. The van der Waals surface area contributed by atoms with Crippen LogP contribution in [0.15, 0.2) is 24.3 Å². The van der Waals surface area contributed by atoms with Crippen molar-refractivity contribution >= 4 is 33.6 Å². The van der Waals surface area contributed by atoms with Gasteiger partial charge in [-0.1, -0.05) is 40.2 Å². The molecule has 0 aliphatic heterocycles. The Bertz CT molecular complexity index is 557. The van der Waals surface area contributed by atoms with Crippen LogP contribution in [0.4, 0.5) is 0 Å². The molecule has 1 amide bonds. The topological polar surface area (TPSA) is 72.5 Å². The van der Waals surface area contributed by atoms with Gasteiger partial charge >= 0.3 is 5.97 Å². The molecule has 2 rings (SSSR count). The summed E-state index contributed by atoms with van der Waals surface area (Å²) in [4.78, 5) is 35.3. The van der Waals surface area contributed by atoms with Crippen molar-refractivity contribution in [2.24, 2.45) is 0 Å². The SMILES string of the molecule is COC(=O)CNC(=O)C1(Br)Cc2ccccc2C1=O. The van der Waals surface area contributed by atoms with Gasteiger partial charge in [0, 0.05) is 12.0 Å². The third-order valence-corrected chi connectivity index (χ3v) is 4.04. The first-order valence-electron chi connectivity index (χ1n) is 5.66. The van der Waals surface area contributed by atoms with Crippen LogP contribution in [0.1, 0.15) is 15.9 Å². The highest BCUT2D eigenvalue weighted by atomic mass is 79.9. The Balaban J connectivity index is 2.15. The zero-order chi connectivity index (χ0) is 14.0. The van der Waals surface area contributed by atoms with Crippen molar-refractivity contribution in [2.75, 3.05) is 13.7 Å². The van der Waals surface area contributed by atoms with Crippen molar-refractivity contribution < 1.29 is 19.1 Å². The summed E-state index contributed by atoms with van der Waals surface area (Å²) in [5, 5.41) is 2.40. The molecule has 0 fully saturated rings. The fraction of sp³-hybridized carbons (Fsp3) is 0.308. The van der Waals surface area contributed by atoms with E-state index in [0.717, 1.165) is 5.56 Å². The van der Waals surface area contributed by atoms with Gasteiger partial charge in [0.2, 0.25) is 5.91 Å². The number of alkyl halides is 1. The summed E-state index contributed by atoms with van der Waals surface area (Å²) in [5.41, 5.74) is 1.35. The molecule has 1 aromatic rings. The van der Waals surface area contributed by atoms with Crippen LogP contribution in [0.5, 0.6) is 0 Å². The van der Waals surface area contributed by atoms with E-state index in [1.165, 1.54) is 7.11 Å². The zero-order valence-corrected chi connectivity index (χ0v) is 11.8. The molecule has 0 saturated carbocycles. The lowest BCUT2D eigenvalue weighted by Gasteiger charge is -2.18. The zero-order valence-electron chi connectivity index (χ0n) is 10.2. The molecule has 1 unspecified atom stereocenters. The molecule has 5 nitrogen and oxygen atoms in total. The first kappa shape index (κ1) is 13.7. The summed E-state index contributed by atoms with van der Waals surface area (Å²) in [6.45, 7) is -0.258. The van der Waals surface area contributed by atoms with Gasteiger partial charge in [-0.3, -0.25) is 14.4 Å². The van der Waals surface area contributed by atoms with Crippen LogP contribution in [-0.2, 0) is 20.7 Å². The van der Waals surface area contributed by atoms with Crippen LogP contribution in [-0.4, -0.2) is 35.6 Å². The second kappa shape index (κ2) is 5.13. The van der Waals surface area contributed by atoms with Crippen LogP contribution in [0.25, 0.3) is 0 Å². The molecule has 0 bridgehead atoms. The van der Waals surface area contributed by atoms with E-state index in [4.69, 9.17) is 0 Å². The third kappa shape index (κ3) is 2.40. The molecule has 1 aliphatic rings. The molecule has 100 valence electrons. The van der Waals surface area contributed by atoms with Gasteiger partial charge < -0.3 is 10.1 Å². The van der Waals surface area contributed by atoms with Crippen LogP contribution in [0.3, 0.4) is 0 Å². The van der Waals surface area contributed by atoms with Gasteiger partial charge in [-0.25, -0.2) is 0 Å². The average Bonchev–Trinajstić information content (AvgIpc) is 2.69. The van der Waals surface area contributed by atoms with Gasteiger partial charge in [0.25, 0.3) is 0 Å². The number of esters is 1. The number of fused-ring (bicyclic) bond motifs is 1. The maximum atomic E-state index is 12.3. The monoisotopic (exact) mass is 325 g/mol. The largest absolute Gasteiger partial charge is 0.468 e. The summed E-state index contributed by atoms with van der Waals surface area (Å²) in [7, 11) is 1.23. The Morgan fingerprint density at radius 1 is 1.42 bits per heavy atom. The van der Waals surface area contributed by atoms with E-state index < -0.39 is 16.2 Å². The summed E-state index contributed by atoms with van der Waals surface area (Å²) in [5.74, 6) is -1.38. The van der Waals surface area contributed by atoms with Gasteiger partial charge in [-0.2, -0.15) is 0 Å². The molecule has 1 atom stereocenters. The molecule has 0 heterocycles. The Kier molecular flexibility index (Phi) is 3.71. The number of ether oxygens (including phenoxy) is 1. The number of carbonyl (C=O) groups excluding carboxylic acids is 3. The standard InChI is InChI=1S/C13H12BrNO4/c1-19-10(16)7-15-12(18)13(14)6-8-4-2-3-5-9(8)11(13)17/h2-5H,6-7H2,1H3,(H,15,18). The smallest absolute Gasteiger partial charge is 0.325 e. The number of halogens is 1. The molecule has 1 aromatic carbocycles. The number of hydrogen-bond acceptors (Lipinski definition) is 4. The molecule has 6 heteroatoms. The second-order valence-electron chi connectivity index (χ2n) is 4.22. The minimum absolute atomic E-state index is 0.258. The van der Waals surface area contributed by atoms with Crippen molar-refractivity contribution in [3.8, 4) is 0 Å². The van der Waals surface area contributed by atoms with E-state index >= 15 is 0 Å². The quantitative estimate of drug-likeness (QED) is 0.508. The Labute approximate surface area is 118 Å². The first-order valence-corrected chi connectivity index (χ1v) is 6.45. The number of nitrogens with one attached hydrogen (secondary N) is 1. The molecule has 19 heavy (non-hydrogen) atoms. The molecule has 1 N–H and O–H groups in total. The van der Waals surface area contributed by atoms with Gasteiger partial charge in [0.1, 0.15) is 6.54 Å². The highest BCUT2D eigenvalue weighted by Gasteiger charge is 2.49. The number of benzene rings is 1. The van der Waals surface area contributed by atoms with Crippen LogP contribution in [0, 0.1) is 0 Å². The lowest BCUT2D eigenvalue weighted by atomic mass is 10.0. The lowest BCUT2D eigenvalue weighted by Crippen LogP contribution is -2.48. The summed E-state index contributed by atoms with van der Waals surface area (Å²) < 4.78 is 3.10. The van der Waals surface area contributed by atoms with Crippen LogP contribution >= 0.6 is 15.9 Å². The van der Waals surface area contributed by atoms with Gasteiger partial charge in [0.15, 0.2) is 10.1 Å². The predicted octanol–water partition coefficient (Wildman–Crippen LogP) is 0.848. The molecule has 0 saturated heterocycles. The van der Waals surface area contributed by atoms with Crippen molar-refractivity contribution in [3.63, 3.8) is 0 Å². The highest BCUT2D eigenvalue weighted by Crippen LogP contribution is 2.36. The fourth-order valence-corrected chi connectivity index (χ4v) is 2.66. The van der Waals surface area contributed by atoms with E-state index in [1.54, 1.807) is 12.1 Å². The molecular formula is C13H12BrNO4. The van der Waals surface area contributed by atoms with Crippen molar-refractivity contribution in [2.45, 2.75) is 10.7 Å². The Morgan fingerprint density at radius 3 is 2.74 bits per heavy atom. The maximum absolute atomic E-state index is 12.3. The van der Waals surface area contributed by atoms with E-state index in [0.29, 0.717) is 5.56 Å².